The normalized spacial score (nSPS) is 17.8. The lowest BCUT2D eigenvalue weighted by molar-refractivity contribution is 0.431. The van der Waals surface area contributed by atoms with Gasteiger partial charge in [-0.25, -0.2) is 16.8 Å². The van der Waals surface area contributed by atoms with Crippen molar-refractivity contribution >= 4 is 20.0 Å². The summed E-state index contributed by atoms with van der Waals surface area (Å²) in [6.07, 6.45) is 0.733. The van der Waals surface area contributed by atoms with Gasteiger partial charge in [-0.05, 0) is 31.2 Å². The topological polar surface area (TPSA) is 86.8 Å². The number of sulfonamides is 2. The van der Waals surface area contributed by atoms with Crippen LogP contribution in [0.25, 0.3) is 0 Å². The molecule has 2 rings (SSSR count). The van der Waals surface area contributed by atoms with E-state index in [4.69, 9.17) is 0 Å². The first kappa shape index (κ1) is 19.3. The first-order valence-electron chi connectivity index (χ1n) is 8.15. The van der Waals surface area contributed by atoms with Crippen molar-refractivity contribution in [3.63, 3.8) is 0 Å². The van der Waals surface area contributed by atoms with Gasteiger partial charge in [0.15, 0.2) is 0 Å². The molecule has 136 valence electrons. The van der Waals surface area contributed by atoms with Gasteiger partial charge in [0.2, 0.25) is 20.0 Å². The summed E-state index contributed by atoms with van der Waals surface area (Å²) in [7, 11) is -7.38. The second kappa shape index (κ2) is 7.92. The van der Waals surface area contributed by atoms with Gasteiger partial charge in [-0.3, -0.25) is 0 Å². The van der Waals surface area contributed by atoms with Crippen LogP contribution < -0.4 is 5.32 Å². The van der Waals surface area contributed by atoms with Crippen molar-refractivity contribution in [3.05, 3.63) is 24.3 Å². The van der Waals surface area contributed by atoms with E-state index in [0.717, 1.165) is 13.0 Å². The van der Waals surface area contributed by atoms with Crippen molar-refractivity contribution in [2.75, 3.05) is 39.3 Å². The number of nitrogens with one attached hydrogen (secondary N) is 1. The monoisotopic (exact) mass is 375 g/mol. The quantitative estimate of drug-likeness (QED) is 0.791. The van der Waals surface area contributed by atoms with Crippen LogP contribution in [-0.2, 0) is 20.0 Å². The molecule has 0 aliphatic carbocycles. The standard InChI is InChI=1S/C15H25N3O4S2/c1-3-17(4-2)23(19,20)14-7-5-8-15(13-14)24(21,22)18-11-6-9-16-10-12-18/h5,7-8,13,16H,3-4,6,9-12H2,1-2H3. The maximum absolute atomic E-state index is 12.8. The van der Waals surface area contributed by atoms with E-state index in [-0.39, 0.29) is 9.79 Å². The molecule has 0 spiro atoms. The molecule has 0 aromatic heterocycles. The highest BCUT2D eigenvalue weighted by molar-refractivity contribution is 7.90. The zero-order chi connectivity index (χ0) is 17.8. The van der Waals surface area contributed by atoms with E-state index in [9.17, 15) is 16.8 Å². The maximum atomic E-state index is 12.8. The molecule has 0 unspecified atom stereocenters. The van der Waals surface area contributed by atoms with E-state index in [1.54, 1.807) is 13.8 Å². The van der Waals surface area contributed by atoms with Crippen molar-refractivity contribution in [2.45, 2.75) is 30.1 Å². The highest BCUT2D eigenvalue weighted by atomic mass is 32.2. The lowest BCUT2D eigenvalue weighted by Crippen LogP contribution is -2.34. The molecule has 1 aliphatic heterocycles. The number of hydrogen-bond donors (Lipinski definition) is 1. The first-order valence-corrected chi connectivity index (χ1v) is 11.0. The third-order valence-electron chi connectivity index (χ3n) is 4.09. The van der Waals surface area contributed by atoms with Gasteiger partial charge in [-0.15, -0.1) is 0 Å². The Morgan fingerprint density at radius 2 is 1.71 bits per heavy atom. The Bertz CT molecular complexity index is 751. The number of hydrogen-bond acceptors (Lipinski definition) is 5. The van der Waals surface area contributed by atoms with Gasteiger partial charge in [0, 0.05) is 32.7 Å². The number of benzene rings is 1. The average molecular weight is 376 g/mol. The fourth-order valence-corrected chi connectivity index (χ4v) is 5.82. The summed E-state index contributed by atoms with van der Waals surface area (Å²) in [6.45, 7) is 6.38. The minimum Gasteiger partial charge on any atom is -0.315 e. The van der Waals surface area contributed by atoms with E-state index in [2.05, 4.69) is 5.32 Å². The molecular weight excluding hydrogens is 350 g/mol. The Balaban J connectivity index is 2.39. The molecule has 1 aromatic rings. The van der Waals surface area contributed by atoms with Gasteiger partial charge in [-0.1, -0.05) is 19.9 Å². The molecule has 0 amide bonds. The SMILES string of the molecule is CCN(CC)S(=O)(=O)c1cccc(S(=O)(=O)N2CCCNCC2)c1. The second-order valence-corrected chi connectivity index (χ2v) is 9.45. The summed E-state index contributed by atoms with van der Waals surface area (Å²) in [5, 5.41) is 3.16. The Hall–Kier alpha value is -1.00. The molecule has 0 bridgehead atoms. The van der Waals surface area contributed by atoms with Crippen molar-refractivity contribution in [2.24, 2.45) is 0 Å². The van der Waals surface area contributed by atoms with Crippen LogP contribution in [0.15, 0.2) is 34.1 Å². The molecule has 0 radical (unpaired) electrons. The minimum atomic E-state index is -3.70. The molecule has 1 N–H and O–H groups in total. The van der Waals surface area contributed by atoms with Crippen molar-refractivity contribution in [1.82, 2.24) is 13.9 Å². The van der Waals surface area contributed by atoms with Crippen LogP contribution in [0.1, 0.15) is 20.3 Å². The Labute approximate surface area is 144 Å². The Morgan fingerprint density at radius 3 is 2.38 bits per heavy atom. The van der Waals surface area contributed by atoms with Gasteiger partial charge in [0.25, 0.3) is 0 Å². The largest absolute Gasteiger partial charge is 0.315 e. The first-order chi connectivity index (χ1) is 11.3. The van der Waals surface area contributed by atoms with Crippen molar-refractivity contribution in [1.29, 1.82) is 0 Å². The Kier molecular flexibility index (Phi) is 6.38. The van der Waals surface area contributed by atoms with Gasteiger partial charge in [0.05, 0.1) is 9.79 Å². The van der Waals surface area contributed by atoms with Gasteiger partial charge < -0.3 is 5.32 Å². The lowest BCUT2D eigenvalue weighted by atomic mass is 10.4. The summed E-state index contributed by atoms with van der Waals surface area (Å²) < 4.78 is 53.6. The molecule has 7 nitrogen and oxygen atoms in total. The predicted molar refractivity (Wildman–Crippen MR) is 92.8 cm³/mol. The molecule has 1 aliphatic rings. The van der Waals surface area contributed by atoms with Gasteiger partial charge >= 0.3 is 0 Å². The fourth-order valence-electron chi connectivity index (χ4n) is 2.72. The number of nitrogens with zero attached hydrogens (tertiary/aromatic N) is 2. The molecule has 0 atom stereocenters. The summed E-state index contributed by atoms with van der Waals surface area (Å²) in [5.74, 6) is 0. The molecular formula is C15H25N3O4S2. The zero-order valence-electron chi connectivity index (χ0n) is 14.1. The highest BCUT2D eigenvalue weighted by Crippen LogP contribution is 2.22. The van der Waals surface area contributed by atoms with E-state index in [1.807, 2.05) is 0 Å². The van der Waals surface area contributed by atoms with E-state index in [1.165, 1.54) is 32.9 Å². The van der Waals surface area contributed by atoms with E-state index >= 15 is 0 Å². The molecule has 1 saturated heterocycles. The molecule has 1 heterocycles. The van der Waals surface area contributed by atoms with Crippen LogP contribution in [0.3, 0.4) is 0 Å². The fraction of sp³-hybridized carbons (Fsp3) is 0.600. The minimum absolute atomic E-state index is 0.0141. The van der Waals surface area contributed by atoms with Crippen molar-refractivity contribution in [3.8, 4) is 0 Å². The van der Waals surface area contributed by atoms with Crippen LogP contribution >= 0.6 is 0 Å². The van der Waals surface area contributed by atoms with Crippen LogP contribution in [-0.4, -0.2) is 64.7 Å². The van der Waals surface area contributed by atoms with Crippen LogP contribution in [0.5, 0.6) is 0 Å². The molecule has 1 aromatic carbocycles. The summed E-state index contributed by atoms with van der Waals surface area (Å²) >= 11 is 0. The third-order valence-corrected chi connectivity index (χ3v) is 8.03. The van der Waals surface area contributed by atoms with Gasteiger partial charge in [-0.2, -0.15) is 8.61 Å². The van der Waals surface area contributed by atoms with Crippen LogP contribution in [0.4, 0.5) is 0 Å². The molecule has 9 heteroatoms. The second-order valence-electron chi connectivity index (χ2n) is 5.57. The number of rotatable bonds is 6. The Morgan fingerprint density at radius 1 is 1.04 bits per heavy atom. The van der Waals surface area contributed by atoms with Crippen LogP contribution in [0.2, 0.25) is 0 Å². The summed E-state index contributed by atoms with van der Waals surface area (Å²) in [6, 6.07) is 5.65. The summed E-state index contributed by atoms with van der Waals surface area (Å²) in [4.78, 5) is 0.0397. The highest BCUT2D eigenvalue weighted by Gasteiger charge is 2.28. The summed E-state index contributed by atoms with van der Waals surface area (Å²) in [5.41, 5.74) is 0. The van der Waals surface area contributed by atoms with E-state index in [0.29, 0.717) is 32.7 Å². The van der Waals surface area contributed by atoms with Gasteiger partial charge in [0.1, 0.15) is 0 Å². The third kappa shape index (κ3) is 3.97. The average Bonchev–Trinajstić information content (AvgIpc) is 2.85. The predicted octanol–water partition coefficient (Wildman–Crippen LogP) is 0.701. The molecule has 0 saturated carbocycles. The molecule has 1 fully saturated rings. The smallest absolute Gasteiger partial charge is 0.243 e. The van der Waals surface area contributed by atoms with Crippen LogP contribution in [0, 0.1) is 0 Å². The molecule has 24 heavy (non-hydrogen) atoms. The zero-order valence-corrected chi connectivity index (χ0v) is 15.7. The lowest BCUT2D eigenvalue weighted by Gasteiger charge is -2.21. The van der Waals surface area contributed by atoms with E-state index < -0.39 is 20.0 Å². The van der Waals surface area contributed by atoms with Crippen molar-refractivity contribution < 1.29 is 16.8 Å². The maximum Gasteiger partial charge on any atom is 0.243 e.